The van der Waals surface area contributed by atoms with Crippen LogP contribution in [0.15, 0.2) is 36.7 Å². The third-order valence-electron chi connectivity index (χ3n) is 1.77. The van der Waals surface area contributed by atoms with E-state index in [1.807, 2.05) is 0 Å². The lowest BCUT2D eigenvalue weighted by molar-refractivity contribution is 0.484. The predicted molar refractivity (Wildman–Crippen MR) is 53.1 cm³/mol. The standard InChI is InChI=1S/C8H12.C2H3N3/c1-8(2)6-4-3-5-7-8;1-2-4-5-3-1/h3-6H,7H2,1-2H3;1-2H,(H,3,4,5). The van der Waals surface area contributed by atoms with E-state index in [1.54, 1.807) is 12.4 Å². The third kappa shape index (κ3) is 4.25. The Balaban J connectivity index is 0.000000145. The van der Waals surface area contributed by atoms with Gasteiger partial charge in [0.1, 0.15) is 0 Å². The van der Waals surface area contributed by atoms with Crippen LogP contribution in [0.2, 0.25) is 0 Å². The van der Waals surface area contributed by atoms with Crippen molar-refractivity contribution in [1.29, 1.82) is 0 Å². The Morgan fingerprint density at radius 2 is 2.15 bits per heavy atom. The molecule has 0 bridgehead atoms. The molecular weight excluding hydrogens is 162 g/mol. The molecular formula is C10H15N3. The highest BCUT2D eigenvalue weighted by Crippen LogP contribution is 2.24. The van der Waals surface area contributed by atoms with Gasteiger partial charge in [-0.2, -0.15) is 0 Å². The number of nitrogens with zero attached hydrogens (tertiary/aromatic N) is 2. The zero-order chi connectivity index (χ0) is 9.57. The Labute approximate surface area is 78.6 Å². The molecule has 0 radical (unpaired) electrons. The van der Waals surface area contributed by atoms with E-state index in [0.717, 1.165) is 0 Å². The molecule has 1 aliphatic rings. The molecule has 3 heteroatoms. The van der Waals surface area contributed by atoms with Gasteiger partial charge in [-0.15, -0.1) is 5.10 Å². The first-order chi connectivity index (χ1) is 6.21. The summed E-state index contributed by atoms with van der Waals surface area (Å²) >= 11 is 0. The van der Waals surface area contributed by atoms with Crippen molar-refractivity contribution in [2.45, 2.75) is 20.3 Å². The van der Waals surface area contributed by atoms with Gasteiger partial charge in [0.2, 0.25) is 0 Å². The fourth-order valence-corrected chi connectivity index (χ4v) is 1.00. The van der Waals surface area contributed by atoms with Crippen molar-refractivity contribution in [3.05, 3.63) is 36.7 Å². The Morgan fingerprint density at radius 3 is 2.38 bits per heavy atom. The number of allylic oxidation sites excluding steroid dienone is 4. The Hall–Kier alpha value is -1.38. The van der Waals surface area contributed by atoms with Gasteiger partial charge in [0.05, 0.1) is 6.20 Å². The summed E-state index contributed by atoms with van der Waals surface area (Å²) in [5, 5.41) is 9.26. The summed E-state index contributed by atoms with van der Waals surface area (Å²) in [6.45, 7) is 4.49. The van der Waals surface area contributed by atoms with E-state index in [9.17, 15) is 0 Å². The number of nitrogens with one attached hydrogen (secondary N) is 1. The molecule has 1 aromatic heterocycles. The molecule has 1 N–H and O–H groups in total. The van der Waals surface area contributed by atoms with Gasteiger partial charge in [0.15, 0.2) is 0 Å². The van der Waals surface area contributed by atoms with Crippen LogP contribution >= 0.6 is 0 Å². The molecule has 1 aliphatic carbocycles. The second kappa shape index (κ2) is 4.60. The molecule has 0 aliphatic heterocycles. The molecule has 0 atom stereocenters. The van der Waals surface area contributed by atoms with Crippen LogP contribution in [0.4, 0.5) is 0 Å². The highest BCUT2D eigenvalue weighted by molar-refractivity contribution is 5.13. The van der Waals surface area contributed by atoms with Crippen LogP contribution in [-0.2, 0) is 0 Å². The zero-order valence-electron chi connectivity index (χ0n) is 8.07. The molecule has 70 valence electrons. The maximum Gasteiger partial charge on any atom is 0.0690 e. The van der Waals surface area contributed by atoms with Gasteiger partial charge < -0.3 is 0 Å². The van der Waals surface area contributed by atoms with Crippen molar-refractivity contribution < 1.29 is 0 Å². The maximum absolute atomic E-state index is 3.42. The Bertz CT molecular complexity index is 253. The minimum Gasteiger partial charge on any atom is -0.266 e. The second-order valence-electron chi connectivity index (χ2n) is 3.64. The summed E-state index contributed by atoms with van der Waals surface area (Å²) in [7, 11) is 0. The van der Waals surface area contributed by atoms with Crippen LogP contribution in [0.5, 0.6) is 0 Å². The minimum atomic E-state index is 0.411. The molecule has 0 saturated carbocycles. The highest BCUT2D eigenvalue weighted by Gasteiger charge is 2.11. The first kappa shape index (κ1) is 9.71. The Kier molecular flexibility index (Phi) is 3.43. The molecule has 3 nitrogen and oxygen atoms in total. The lowest BCUT2D eigenvalue weighted by Crippen LogP contribution is -2.06. The van der Waals surface area contributed by atoms with Crippen LogP contribution in [-0.4, -0.2) is 15.4 Å². The van der Waals surface area contributed by atoms with Crippen LogP contribution in [0.3, 0.4) is 0 Å². The van der Waals surface area contributed by atoms with E-state index in [4.69, 9.17) is 0 Å². The number of hydrogen-bond acceptors (Lipinski definition) is 2. The fourth-order valence-electron chi connectivity index (χ4n) is 1.00. The van der Waals surface area contributed by atoms with Crippen molar-refractivity contribution in [3.8, 4) is 0 Å². The number of rotatable bonds is 0. The number of hydrogen-bond donors (Lipinski definition) is 1. The summed E-state index contributed by atoms with van der Waals surface area (Å²) in [4.78, 5) is 0. The lowest BCUT2D eigenvalue weighted by Gasteiger charge is -2.19. The average Bonchev–Trinajstić information content (AvgIpc) is 2.60. The predicted octanol–water partition coefficient (Wildman–Crippen LogP) is 2.33. The van der Waals surface area contributed by atoms with Crippen LogP contribution in [0.1, 0.15) is 20.3 Å². The summed E-state index contributed by atoms with van der Waals surface area (Å²) in [5.74, 6) is 0. The smallest absolute Gasteiger partial charge is 0.0690 e. The number of aromatic amines is 1. The van der Waals surface area contributed by atoms with Crippen LogP contribution in [0, 0.1) is 5.41 Å². The minimum absolute atomic E-state index is 0.411. The largest absolute Gasteiger partial charge is 0.266 e. The van der Waals surface area contributed by atoms with Crippen LogP contribution in [0.25, 0.3) is 0 Å². The zero-order valence-corrected chi connectivity index (χ0v) is 8.07. The summed E-state index contributed by atoms with van der Waals surface area (Å²) in [5.41, 5.74) is 0.411. The SMILES string of the molecule is CC1(C)C=CC=CC1.c1c[nH]nn1. The van der Waals surface area contributed by atoms with Crippen molar-refractivity contribution >= 4 is 0 Å². The quantitative estimate of drug-likeness (QED) is 0.660. The van der Waals surface area contributed by atoms with E-state index in [1.165, 1.54) is 6.42 Å². The van der Waals surface area contributed by atoms with Gasteiger partial charge in [-0.3, -0.25) is 5.10 Å². The monoisotopic (exact) mass is 177 g/mol. The van der Waals surface area contributed by atoms with E-state index >= 15 is 0 Å². The van der Waals surface area contributed by atoms with Gasteiger partial charge in [-0.1, -0.05) is 43.4 Å². The molecule has 1 heterocycles. The fraction of sp³-hybridized carbons (Fsp3) is 0.400. The average molecular weight is 177 g/mol. The molecule has 2 rings (SSSR count). The van der Waals surface area contributed by atoms with Crippen molar-refractivity contribution in [2.75, 3.05) is 0 Å². The molecule has 0 spiro atoms. The number of aromatic nitrogens is 3. The van der Waals surface area contributed by atoms with Crippen LogP contribution < -0.4 is 0 Å². The molecule has 13 heavy (non-hydrogen) atoms. The first-order valence-corrected chi connectivity index (χ1v) is 4.35. The second-order valence-corrected chi connectivity index (χ2v) is 3.64. The van der Waals surface area contributed by atoms with Gasteiger partial charge in [-0.25, -0.2) is 0 Å². The normalized spacial score (nSPS) is 17.7. The Morgan fingerprint density at radius 1 is 1.31 bits per heavy atom. The van der Waals surface area contributed by atoms with E-state index in [0.29, 0.717) is 5.41 Å². The van der Waals surface area contributed by atoms with Gasteiger partial charge >= 0.3 is 0 Å². The topological polar surface area (TPSA) is 41.6 Å². The summed E-state index contributed by atoms with van der Waals surface area (Å²) in [6.07, 6.45) is 13.1. The van der Waals surface area contributed by atoms with Gasteiger partial charge in [0.25, 0.3) is 0 Å². The third-order valence-corrected chi connectivity index (χ3v) is 1.77. The highest BCUT2D eigenvalue weighted by atomic mass is 15.3. The first-order valence-electron chi connectivity index (χ1n) is 4.35. The molecule has 0 unspecified atom stereocenters. The lowest BCUT2D eigenvalue weighted by atomic mass is 9.86. The molecule has 0 amide bonds. The summed E-state index contributed by atoms with van der Waals surface area (Å²) in [6, 6.07) is 0. The summed E-state index contributed by atoms with van der Waals surface area (Å²) < 4.78 is 0. The van der Waals surface area contributed by atoms with E-state index in [2.05, 4.69) is 53.6 Å². The van der Waals surface area contributed by atoms with E-state index in [-0.39, 0.29) is 0 Å². The number of H-pyrrole nitrogens is 1. The van der Waals surface area contributed by atoms with Gasteiger partial charge in [0, 0.05) is 6.20 Å². The van der Waals surface area contributed by atoms with Crippen molar-refractivity contribution in [2.24, 2.45) is 5.41 Å². The molecule has 1 aromatic rings. The molecule has 0 aromatic carbocycles. The van der Waals surface area contributed by atoms with E-state index < -0.39 is 0 Å². The van der Waals surface area contributed by atoms with Crippen molar-refractivity contribution in [3.63, 3.8) is 0 Å². The van der Waals surface area contributed by atoms with Gasteiger partial charge in [-0.05, 0) is 11.8 Å². The maximum atomic E-state index is 3.42. The van der Waals surface area contributed by atoms with Crippen molar-refractivity contribution in [1.82, 2.24) is 15.4 Å². The molecule has 0 saturated heterocycles. The molecule has 0 fully saturated rings.